The third-order valence-electron chi connectivity index (χ3n) is 3.68. The van der Waals surface area contributed by atoms with E-state index in [1.165, 1.54) is 0 Å². The van der Waals surface area contributed by atoms with Crippen LogP contribution in [0.5, 0.6) is 0 Å². The summed E-state index contributed by atoms with van der Waals surface area (Å²) in [6.07, 6.45) is -0.154. The van der Waals surface area contributed by atoms with Crippen LogP contribution in [0.2, 0.25) is 0 Å². The Morgan fingerprint density at radius 1 is 0.923 bits per heavy atom. The van der Waals surface area contributed by atoms with Crippen molar-refractivity contribution in [3.8, 4) is 0 Å². The van der Waals surface area contributed by atoms with Gasteiger partial charge in [-0.2, -0.15) is 0 Å². The molecule has 0 spiro atoms. The van der Waals surface area contributed by atoms with Crippen LogP contribution in [0.1, 0.15) is 68.7 Å². The molecule has 0 aromatic heterocycles. The van der Waals surface area contributed by atoms with Crippen molar-refractivity contribution >= 4 is 12.2 Å². The molecular weight excluding hydrogens is 334 g/mol. The van der Waals surface area contributed by atoms with Crippen LogP contribution in [0.3, 0.4) is 0 Å². The van der Waals surface area contributed by atoms with Gasteiger partial charge in [0.15, 0.2) is 0 Å². The second-order valence-corrected chi connectivity index (χ2v) is 9.65. The van der Waals surface area contributed by atoms with E-state index >= 15 is 0 Å². The molecule has 7 nitrogen and oxygen atoms in total. The maximum absolute atomic E-state index is 12.0. The van der Waals surface area contributed by atoms with E-state index < -0.39 is 23.4 Å². The van der Waals surface area contributed by atoms with Crippen molar-refractivity contribution < 1.29 is 19.1 Å². The van der Waals surface area contributed by atoms with Crippen LogP contribution in [0, 0.1) is 11.3 Å². The average molecular weight is 374 g/mol. The largest absolute Gasteiger partial charge is 0.444 e. The van der Waals surface area contributed by atoms with Gasteiger partial charge in [0.05, 0.1) is 0 Å². The first-order valence-electron chi connectivity index (χ1n) is 9.21. The molecule has 7 heteroatoms. The molecule has 0 fully saturated rings. The van der Waals surface area contributed by atoms with Crippen LogP contribution in [-0.2, 0) is 9.47 Å². The Kier molecular flexibility index (Phi) is 8.90. The fourth-order valence-electron chi connectivity index (χ4n) is 2.48. The highest BCUT2D eigenvalue weighted by atomic mass is 16.6. The fourth-order valence-corrected chi connectivity index (χ4v) is 2.48. The fraction of sp³-hybridized carbons (Fsp3) is 0.895. The number of rotatable bonds is 7. The number of hydrogen-bond donors (Lipinski definition) is 3. The molecule has 0 rings (SSSR count). The lowest BCUT2D eigenvalue weighted by atomic mass is 9.80. The summed E-state index contributed by atoms with van der Waals surface area (Å²) >= 11 is 0. The third-order valence-corrected chi connectivity index (χ3v) is 3.68. The topological polar surface area (TPSA) is 103 Å². The molecule has 0 aromatic rings. The summed E-state index contributed by atoms with van der Waals surface area (Å²) in [4.78, 5) is 23.8. The predicted octanol–water partition coefficient (Wildman–Crippen LogP) is 3.42. The number of hydrogen-bond acceptors (Lipinski definition) is 5. The highest BCUT2D eigenvalue weighted by Crippen LogP contribution is 2.26. The van der Waals surface area contributed by atoms with Crippen LogP contribution in [-0.4, -0.2) is 42.5 Å². The Labute approximate surface area is 158 Å². The molecule has 0 aliphatic rings. The Hall–Kier alpha value is -1.50. The monoisotopic (exact) mass is 373 g/mol. The van der Waals surface area contributed by atoms with Gasteiger partial charge in [0.2, 0.25) is 0 Å². The van der Waals surface area contributed by atoms with Crippen LogP contribution >= 0.6 is 0 Å². The maximum Gasteiger partial charge on any atom is 0.407 e. The maximum atomic E-state index is 12.0. The number of nitrogens with one attached hydrogen (secondary N) is 2. The number of ether oxygens (including phenoxy) is 2. The minimum atomic E-state index is -0.543. The van der Waals surface area contributed by atoms with Crippen molar-refractivity contribution in [3.63, 3.8) is 0 Å². The lowest BCUT2D eigenvalue weighted by Crippen LogP contribution is -2.46. The van der Waals surface area contributed by atoms with Crippen molar-refractivity contribution in [1.29, 1.82) is 0 Å². The molecule has 4 N–H and O–H groups in total. The van der Waals surface area contributed by atoms with Crippen molar-refractivity contribution in [2.75, 3.05) is 13.1 Å². The van der Waals surface area contributed by atoms with Crippen LogP contribution in [0.15, 0.2) is 0 Å². The molecule has 2 amide bonds. The smallest absolute Gasteiger partial charge is 0.407 e. The lowest BCUT2D eigenvalue weighted by Gasteiger charge is -2.33. The zero-order chi connectivity index (χ0) is 20.8. The zero-order valence-corrected chi connectivity index (χ0v) is 18.0. The molecule has 0 heterocycles. The molecule has 1 unspecified atom stereocenters. The molecular formula is C19H39N3O4. The first kappa shape index (κ1) is 24.5. The SMILES string of the molecule is C[C@@H](NC(=O)OC(C)(C)C)C(CN)CC(C)(C)CNC(=O)OC(C)(C)C. The van der Waals surface area contributed by atoms with Gasteiger partial charge in [0, 0.05) is 12.6 Å². The molecule has 154 valence electrons. The van der Waals surface area contributed by atoms with Gasteiger partial charge in [0.1, 0.15) is 11.2 Å². The highest BCUT2D eigenvalue weighted by Gasteiger charge is 2.29. The second-order valence-electron chi connectivity index (χ2n) is 9.65. The van der Waals surface area contributed by atoms with Crippen LogP contribution < -0.4 is 16.4 Å². The molecule has 0 saturated heterocycles. The summed E-state index contributed by atoms with van der Waals surface area (Å²) in [6.45, 7) is 17.8. The molecule has 0 radical (unpaired) electrons. The van der Waals surface area contributed by atoms with Crippen molar-refractivity contribution in [1.82, 2.24) is 10.6 Å². The molecule has 2 atom stereocenters. The Morgan fingerprint density at radius 3 is 1.81 bits per heavy atom. The average Bonchev–Trinajstić information content (AvgIpc) is 2.38. The number of carbonyl (C=O) groups is 2. The summed E-state index contributed by atoms with van der Waals surface area (Å²) < 4.78 is 10.6. The quantitative estimate of drug-likeness (QED) is 0.634. The van der Waals surface area contributed by atoms with E-state index in [0.29, 0.717) is 13.1 Å². The van der Waals surface area contributed by atoms with Gasteiger partial charge in [-0.05, 0) is 72.8 Å². The minimum absolute atomic E-state index is 0.0537. The second kappa shape index (κ2) is 9.44. The lowest BCUT2D eigenvalue weighted by molar-refractivity contribution is 0.0479. The summed E-state index contributed by atoms with van der Waals surface area (Å²) in [7, 11) is 0. The first-order valence-corrected chi connectivity index (χ1v) is 9.21. The van der Waals surface area contributed by atoms with Gasteiger partial charge < -0.3 is 25.8 Å². The summed E-state index contributed by atoms with van der Waals surface area (Å²) in [5.74, 6) is 0.0537. The summed E-state index contributed by atoms with van der Waals surface area (Å²) in [6, 6.07) is -0.143. The normalized spacial score (nSPS) is 15.0. The Bertz CT molecular complexity index is 464. The Morgan fingerprint density at radius 2 is 1.38 bits per heavy atom. The van der Waals surface area contributed by atoms with E-state index in [1.807, 2.05) is 62.3 Å². The number of nitrogens with two attached hydrogens (primary N) is 1. The van der Waals surface area contributed by atoms with Crippen molar-refractivity contribution in [2.45, 2.75) is 86.0 Å². The van der Waals surface area contributed by atoms with E-state index in [4.69, 9.17) is 15.2 Å². The van der Waals surface area contributed by atoms with Gasteiger partial charge in [-0.3, -0.25) is 0 Å². The third kappa shape index (κ3) is 12.0. The number of amides is 2. The zero-order valence-electron chi connectivity index (χ0n) is 18.0. The molecule has 0 aliphatic carbocycles. The molecule has 0 saturated carbocycles. The number of alkyl carbamates (subject to hydrolysis) is 2. The molecule has 0 aromatic carbocycles. The summed E-state index contributed by atoms with van der Waals surface area (Å²) in [5, 5.41) is 5.66. The first-order chi connectivity index (χ1) is 11.5. The van der Waals surface area contributed by atoms with Crippen molar-refractivity contribution in [2.24, 2.45) is 17.1 Å². The van der Waals surface area contributed by atoms with Crippen molar-refractivity contribution in [3.05, 3.63) is 0 Å². The van der Waals surface area contributed by atoms with E-state index in [1.54, 1.807) is 0 Å². The van der Waals surface area contributed by atoms with Crippen LogP contribution in [0.25, 0.3) is 0 Å². The summed E-state index contributed by atoms with van der Waals surface area (Å²) in [5.41, 5.74) is 4.64. The Balaban J connectivity index is 4.62. The van der Waals surface area contributed by atoms with E-state index in [-0.39, 0.29) is 17.4 Å². The van der Waals surface area contributed by atoms with Gasteiger partial charge in [-0.25, -0.2) is 9.59 Å². The standard InChI is InChI=1S/C19H39N3O4/c1-13(22-16(24)26-18(5,6)7)14(11-20)10-19(8,9)12-21-15(23)25-17(2,3)4/h13-14H,10-12,20H2,1-9H3,(H,21,23)(H,22,24)/t13-,14?/m1/s1. The highest BCUT2D eigenvalue weighted by molar-refractivity contribution is 5.68. The van der Waals surface area contributed by atoms with E-state index in [0.717, 1.165) is 6.42 Å². The van der Waals surface area contributed by atoms with Gasteiger partial charge in [0.25, 0.3) is 0 Å². The van der Waals surface area contributed by atoms with Gasteiger partial charge >= 0.3 is 12.2 Å². The molecule has 26 heavy (non-hydrogen) atoms. The molecule has 0 bridgehead atoms. The van der Waals surface area contributed by atoms with Crippen LogP contribution in [0.4, 0.5) is 9.59 Å². The predicted molar refractivity (Wildman–Crippen MR) is 104 cm³/mol. The van der Waals surface area contributed by atoms with E-state index in [2.05, 4.69) is 10.6 Å². The number of carbonyl (C=O) groups excluding carboxylic acids is 2. The van der Waals surface area contributed by atoms with Gasteiger partial charge in [-0.15, -0.1) is 0 Å². The minimum Gasteiger partial charge on any atom is -0.444 e. The molecule has 0 aliphatic heterocycles. The van der Waals surface area contributed by atoms with E-state index in [9.17, 15) is 9.59 Å². The van der Waals surface area contributed by atoms with Gasteiger partial charge in [-0.1, -0.05) is 13.8 Å².